The highest BCUT2D eigenvalue weighted by Crippen LogP contribution is 2.16. The minimum atomic E-state index is -0.249. The fourth-order valence-corrected chi connectivity index (χ4v) is 2.04. The average molecular weight is 208 g/mol. The number of rotatable bonds is 3. The van der Waals surface area contributed by atoms with Crippen LogP contribution >= 0.6 is 0 Å². The molecule has 1 N–H and O–H groups in total. The third kappa shape index (κ3) is 2.76. The molecule has 0 saturated carbocycles. The molecule has 0 aliphatic carbocycles. The monoisotopic (exact) mass is 208 g/mol. The Morgan fingerprint density at radius 3 is 2.87 bits per heavy atom. The van der Waals surface area contributed by atoms with Gasteiger partial charge in [0.2, 0.25) is 0 Å². The van der Waals surface area contributed by atoms with E-state index < -0.39 is 0 Å². The van der Waals surface area contributed by atoms with E-state index in [1.807, 2.05) is 18.2 Å². The molecule has 1 unspecified atom stereocenters. The fourth-order valence-electron chi connectivity index (χ4n) is 2.04. The summed E-state index contributed by atoms with van der Waals surface area (Å²) >= 11 is 0. The lowest BCUT2D eigenvalue weighted by Gasteiger charge is -2.33. The maximum Gasteiger partial charge on any atom is 0.102 e. The average Bonchev–Trinajstić information content (AvgIpc) is 2.31. The summed E-state index contributed by atoms with van der Waals surface area (Å²) < 4.78 is 12.2. The molecule has 2 rings (SSSR count). The molecule has 2 nitrogen and oxygen atoms in total. The van der Waals surface area contributed by atoms with Crippen molar-refractivity contribution in [2.24, 2.45) is 0 Å². The van der Waals surface area contributed by atoms with Crippen molar-refractivity contribution < 1.29 is 4.39 Å². The van der Waals surface area contributed by atoms with Crippen LogP contribution in [0.3, 0.4) is 0 Å². The van der Waals surface area contributed by atoms with Crippen LogP contribution in [0.5, 0.6) is 0 Å². The standard InChI is InChI=1S/C12H17FN2/c13-6-8-15-9-7-14-12(10-15)11-4-2-1-3-5-11/h1-5,12,14H,6-10H2. The molecule has 1 fully saturated rings. The number of nitrogens with one attached hydrogen (secondary N) is 1. The lowest BCUT2D eigenvalue weighted by atomic mass is 10.0. The van der Waals surface area contributed by atoms with Crippen molar-refractivity contribution in [2.75, 3.05) is 32.9 Å². The van der Waals surface area contributed by atoms with Gasteiger partial charge in [0.1, 0.15) is 6.67 Å². The van der Waals surface area contributed by atoms with E-state index in [4.69, 9.17) is 0 Å². The van der Waals surface area contributed by atoms with Gasteiger partial charge in [-0.15, -0.1) is 0 Å². The molecule has 1 aliphatic heterocycles. The van der Waals surface area contributed by atoms with Gasteiger partial charge in [-0.3, -0.25) is 4.90 Å². The summed E-state index contributed by atoms with van der Waals surface area (Å²) in [5.41, 5.74) is 1.29. The zero-order valence-electron chi connectivity index (χ0n) is 8.82. The van der Waals surface area contributed by atoms with Crippen LogP contribution in [-0.4, -0.2) is 37.8 Å². The van der Waals surface area contributed by atoms with Crippen molar-refractivity contribution in [1.82, 2.24) is 10.2 Å². The van der Waals surface area contributed by atoms with Crippen LogP contribution in [0.1, 0.15) is 11.6 Å². The maximum absolute atomic E-state index is 12.2. The van der Waals surface area contributed by atoms with Crippen molar-refractivity contribution in [3.8, 4) is 0 Å². The minimum absolute atomic E-state index is 0.249. The van der Waals surface area contributed by atoms with E-state index in [2.05, 4.69) is 22.3 Å². The van der Waals surface area contributed by atoms with E-state index in [-0.39, 0.29) is 6.67 Å². The number of alkyl halides is 1. The van der Waals surface area contributed by atoms with Gasteiger partial charge in [0, 0.05) is 32.2 Å². The summed E-state index contributed by atoms with van der Waals surface area (Å²) in [6, 6.07) is 10.7. The molecule has 1 aromatic rings. The number of benzene rings is 1. The van der Waals surface area contributed by atoms with Gasteiger partial charge in [0.15, 0.2) is 0 Å². The Morgan fingerprint density at radius 1 is 1.33 bits per heavy atom. The second-order valence-electron chi connectivity index (χ2n) is 3.91. The number of nitrogens with zero attached hydrogens (tertiary/aromatic N) is 1. The Kier molecular flexibility index (Phi) is 3.69. The third-order valence-electron chi connectivity index (χ3n) is 2.86. The molecular formula is C12H17FN2. The number of piperazine rings is 1. The highest BCUT2D eigenvalue weighted by Gasteiger charge is 2.19. The van der Waals surface area contributed by atoms with Crippen LogP contribution in [-0.2, 0) is 0 Å². The highest BCUT2D eigenvalue weighted by atomic mass is 19.1. The molecule has 0 bridgehead atoms. The van der Waals surface area contributed by atoms with Crippen LogP contribution in [0.2, 0.25) is 0 Å². The third-order valence-corrected chi connectivity index (χ3v) is 2.86. The molecule has 1 aromatic carbocycles. The van der Waals surface area contributed by atoms with Gasteiger partial charge in [0.25, 0.3) is 0 Å². The number of hydrogen-bond acceptors (Lipinski definition) is 2. The predicted molar refractivity (Wildman–Crippen MR) is 59.6 cm³/mol. The minimum Gasteiger partial charge on any atom is -0.308 e. The Bertz CT molecular complexity index is 287. The van der Waals surface area contributed by atoms with Gasteiger partial charge < -0.3 is 5.32 Å². The fraction of sp³-hybridized carbons (Fsp3) is 0.500. The Morgan fingerprint density at radius 2 is 2.13 bits per heavy atom. The van der Waals surface area contributed by atoms with E-state index in [0.717, 1.165) is 19.6 Å². The molecule has 15 heavy (non-hydrogen) atoms. The van der Waals surface area contributed by atoms with Crippen LogP contribution in [0.25, 0.3) is 0 Å². The molecule has 82 valence electrons. The SMILES string of the molecule is FCCN1CCNC(c2ccccc2)C1. The lowest BCUT2D eigenvalue weighted by Crippen LogP contribution is -2.46. The van der Waals surface area contributed by atoms with Crippen molar-refractivity contribution in [3.05, 3.63) is 35.9 Å². The van der Waals surface area contributed by atoms with Gasteiger partial charge in [-0.25, -0.2) is 4.39 Å². The second-order valence-corrected chi connectivity index (χ2v) is 3.91. The van der Waals surface area contributed by atoms with Gasteiger partial charge in [-0.2, -0.15) is 0 Å². The zero-order chi connectivity index (χ0) is 10.5. The van der Waals surface area contributed by atoms with Crippen molar-refractivity contribution in [3.63, 3.8) is 0 Å². The largest absolute Gasteiger partial charge is 0.308 e. The first-order chi connectivity index (χ1) is 7.40. The first kappa shape index (κ1) is 10.6. The Hall–Kier alpha value is -0.930. The molecule has 1 aliphatic rings. The molecule has 0 aromatic heterocycles. The van der Waals surface area contributed by atoms with Gasteiger partial charge in [-0.1, -0.05) is 30.3 Å². The summed E-state index contributed by atoms with van der Waals surface area (Å²) in [5.74, 6) is 0. The van der Waals surface area contributed by atoms with Crippen LogP contribution in [0.4, 0.5) is 4.39 Å². The van der Waals surface area contributed by atoms with Crippen molar-refractivity contribution in [2.45, 2.75) is 6.04 Å². The van der Waals surface area contributed by atoms with Gasteiger partial charge in [-0.05, 0) is 5.56 Å². The highest BCUT2D eigenvalue weighted by molar-refractivity contribution is 5.19. The Balaban J connectivity index is 1.98. The van der Waals surface area contributed by atoms with E-state index in [1.165, 1.54) is 5.56 Å². The van der Waals surface area contributed by atoms with Crippen LogP contribution < -0.4 is 5.32 Å². The van der Waals surface area contributed by atoms with E-state index in [1.54, 1.807) is 0 Å². The number of hydrogen-bond donors (Lipinski definition) is 1. The van der Waals surface area contributed by atoms with E-state index >= 15 is 0 Å². The molecule has 0 spiro atoms. The van der Waals surface area contributed by atoms with E-state index in [0.29, 0.717) is 12.6 Å². The first-order valence-electron chi connectivity index (χ1n) is 5.47. The normalized spacial score (nSPS) is 22.9. The van der Waals surface area contributed by atoms with Gasteiger partial charge >= 0.3 is 0 Å². The van der Waals surface area contributed by atoms with E-state index in [9.17, 15) is 4.39 Å². The smallest absolute Gasteiger partial charge is 0.102 e. The van der Waals surface area contributed by atoms with Crippen LogP contribution in [0, 0.1) is 0 Å². The second kappa shape index (κ2) is 5.24. The topological polar surface area (TPSA) is 15.3 Å². The molecule has 1 atom stereocenters. The van der Waals surface area contributed by atoms with Crippen LogP contribution in [0.15, 0.2) is 30.3 Å². The zero-order valence-corrected chi connectivity index (χ0v) is 8.82. The first-order valence-corrected chi connectivity index (χ1v) is 5.47. The summed E-state index contributed by atoms with van der Waals surface area (Å²) in [7, 11) is 0. The molecule has 3 heteroatoms. The summed E-state index contributed by atoms with van der Waals surface area (Å²) in [6.07, 6.45) is 0. The summed E-state index contributed by atoms with van der Waals surface area (Å²) in [5, 5.41) is 3.46. The molecule has 0 amide bonds. The van der Waals surface area contributed by atoms with Gasteiger partial charge in [0.05, 0.1) is 0 Å². The van der Waals surface area contributed by atoms with Crippen molar-refractivity contribution >= 4 is 0 Å². The maximum atomic E-state index is 12.2. The van der Waals surface area contributed by atoms with Crippen molar-refractivity contribution in [1.29, 1.82) is 0 Å². The lowest BCUT2D eigenvalue weighted by molar-refractivity contribution is 0.187. The summed E-state index contributed by atoms with van der Waals surface area (Å²) in [6.45, 7) is 3.12. The predicted octanol–water partition coefficient (Wildman–Crippen LogP) is 1.60. The Labute approximate surface area is 90.1 Å². The quantitative estimate of drug-likeness (QED) is 0.811. The molecule has 1 saturated heterocycles. The molecule has 0 radical (unpaired) electrons. The molecular weight excluding hydrogens is 191 g/mol. The number of halogens is 1. The summed E-state index contributed by atoms with van der Waals surface area (Å²) in [4.78, 5) is 2.17. The molecule has 1 heterocycles.